The third kappa shape index (κ3) is 5.09. The highest BCUT2D eigenvalue weighted by Crippen LogP contribution is 2.28. The molecule has 2 aliphatic heterocycles. The fourth-order valence-electron chi connectivity index (χ4n) is 3.47. The maximum atomic E-state index is 13.0. The molecule has 0 bridgehead atoms. The second-order valence-electron chi connectivity index (χ2n) is 6.79. The van der Waals surface area contributed by atoms with E-state index in [1.54, 1.807) is 0 Å². The van der Waals surface area contributed by atoms with Gasteiger partial charge in [-0.3, -0.25) is 9.69 Å². The SMILES string of the molecule is CC(C)Oc1cc(Br)ccc1C(=O)N1CCC(N2CCNCC2)C1.Cl. The van der Waals surface area contributed by atoms with E-state index in [1.807, 2.05) is 36.9 Å². The largest absolute Gasteiger partial charge is 0.490 e. The molecule has 2 fully saturated rings. The van der Waals surface area contributed by atoms with Gasteiger partial charge in [0.2, 0.25) is 0 Å². The summed E-state index contributed by atoms with van der Waals surface area (Å²) >= 11 is 3.46. The summed E-state index contributed by atoms with van der Waals surface area (Å²) in [6, 6.07) is 6.14. The van der Waals surface area contributed by atoms with Gasteiger partial charge in [0.15, 0.2) is 0 Å². The zero-order valence-electron chi connectivity index (χ0n) is 14.8. The van der Waals surface area contributed by atoms with E-state index in [0.717, 1.165) is 50.2 Å². The zero-order valence-corrected chi connectivity index (χ0v) is 17.2. The van der Waals surface area contributed by atoms with Crippen molar-refractivity contribution >= 4 is 34.2 Å². The van der Waals surface area contributed by atoms with E-state index in [4.69, 9.17) is 4.74 Å². The van der Waals surface area contributed by atoms with Crippen LogP contribution in [0.4, 0.5) is 0 Å². The first-order valence-electron chi connectivity index (χ1n) is 8.75. The molecular weight excluding hydrogens is 406 g/mol. The van der Waals surface area contributed by atoms with Crippen LogP contribution in [0.25, 0.3) is 0 Å². The summed E-state index contributed by atoms with van der Waals surface area (Å²) in [7, 11) is 0. The van der Waals surface area contributed by atoms with Gasteiger partial charge >= 0.3 is 0 Å². The Kier molecular flexibility index (Phi) is 7.55. The fraction of sp³-hybridized carbons (Fsp3) is 0.611. The molecule has 2 saturated heterocycles. The summed E-state index contributed by atoms with van der Waals surface area (Å²) < 4.78 is 6.78. The van der Waals surface area contributed by atoms with E-state index < -0.39 is 0 Å². The fourth-order valence-corrected chi connectivity index (χ4v) is 3.81. The molecule has 3 rings (SSSR count). The van der Waals surface area contributed by atoms with Crippen LogP contribution in [0.15, 0.2) is 22.7 Å². The van der Waals surface area contributed by atoms with Crippen LogP contribution in [0, 0.1) is 0 Å². The molecule has 0 aromatic heterocycles. The number of hydrogen-bond acceptors (Lipinski definition) is 4. The standard InChI is InChI=1S/C18H26BrN3O2.ClH/c1-13(2)24-17-11-14(19)3-4-16(17)18(23)22-8-5-15(12-22)21-9-6-20-7-10-21;/h3-4,11,13,15,20H,5-10,12H2,1-2H3;1H. The van der Waals surface area contributed by atoms with Gasteiger partial charge in [0.1, 0.15) is 5.75 Å². The Bertz CT molecular complexity index is 594. The van der Waals surface area contributed by atoms with E-state index in [1.165, 1.54) is 0 Å². The van der Waals surface area contributed by atoms with Crippen LogP contribution in [0.1, 0.15) is 30.6 Å². The topological polar surface area (TPSA) is 44.8 Å². The number of carbonyl (C=O) groups is 1. The molecule has 1 amide bonds. The number of hydrogen-bond donors (Lipinski definition) is 1. The lowest BCUT2D eigenvalue weighted by Crippen LogP contribution is -2.49. The van der Waals surface area contributed by atoms with Crippen molar-refractivity contribution in [2.45, 2.75) is 32.4 Å². The first kappa shape index (κ1) is 20.5. The van der Waals surface area contributed by atoms with Crippen molar-refractivity contribution in [1.82, 2.24) is 15.1 Å². The third-order valence-corrected chi connectivity index (χ3v) is 5.15. The Morgan fingerprint density at radius 1 is 1.28 bits per heavy atom. The van der Waals surface area contributed by atoms with E-state index in [9.17, 15) is 4.79 Å². The molecule has 7 heteroatoms. The minimum absolute atomic E-state index is 0. The number of likely N-dealkylation sites (tertiary alicyclic amines) is 1. The van der Waals surface area contributed by atoms with Crippen molar-refractivity contribution in [2.24, 2.45) is 0 Å². The van der Waals surface area contributed by atoms with E-state index in [0.29, 0.717) is 17.4 Å². The average molecular weight is 433 g/mol. The summed E-state index contributed by atoms with van der Waals surface area (Å²) in [5.41, 5.74) is 0.660. The smallest absolute Gasteiger partial charge is 0.257 e. The highest BCUT2D eigenvalue weighted by molar-refractivity contribution is 9.10. The quantitative estimate of drug-likeness (QED) is 0.795. The maximum Gasteiger partial charge on any atom is 0.257 e. The number of amides is 1. The molecule has 1 aromatic carbocycles. The number of rotatable bonds is 4. The van der Waals surface area contributed by atoms with E-state index in [2.05, 4.69) is 26.1 Å². The second kappa shape index (κ2) is 9.21. The summed E-state index contributed by atoms with van der Waals surface area (Å²) in [5.74, 6) is 0.741. The van der Waals surface area contributed by atoms with Gasteiger partial charge in [-0.2, -0.15) is 0 Å². The minimum Gasteiger partial charge on any atom is -0.490 e. The predicted octanol–water partition coefficient (Wildman–Crippen LogP) is 2.78. The Hall–Kier alpha value is -0.820. The lowest BCUT2D eigenvalue weighted by Gasteiger charge is -2.32. The zero-order chi connectivity index (χ0) is 17.1. The summed E-state index contributed by atoms with van der Waals surface area (Å²) in [6.07, 6.45) is 1.10. The maximum absolute atomic E-state index is 13.0. The number of piperazine rings is 1. The van der Waals surface area contributed by atoms with Crippen LogP contribution >= 0.6 is 28.3 Å². The molecule has 1 atom stereocenters. The third-order valence-electron chi connectivity index (χ3n) is 4.66. The van der Waals surface area contributed by atoms with Crippen LogP contribution < -0.4 is 10.1 Å². The van der Waals surface area contributed by atoms with Gasteiger partial charge in [-0.15, -0.1) is 12.4 Å². The summed E-state index contributed by atoms with van der Waals surface area (Å²) in [4.78, 5) is 17.5. The molecule has 0 spiro atoms. The molecule has 0 aliphatic carbocycles. The number of nitrogens with zero attached hydrogens (tertiary/aromatic N) is 2. The molecular formula is C18H27BrClN3O2. The lowest BCUT2D eigenvalue weighted by atomic mass is 10.1. The molecule has 1 aromatic rings. The van der Waals surface area contributed by atoms with Gasteiger partial charge < -0.3 is 15.0 Å². The van der Waals surface area contributed by atoms with Gasteiger partial charge in [0, 0.05) is 49.8 Å². The number of carbonyl (C=O) groups excluding carboxylic acids is 1. The van der Waals surface area contributed by atoms with Crippen molar-refractivity contribution < 1.29 is 9.53 Å². The molecule has 1 unspecified atom stereocenters. The number of benzene rings is 1. The average Bonchev–Trinajstić information content (AvgIpc) is 3.05. The Balaban J connectivity index is 0.00000225. The first-order valence-corrected chi connectivity index (χ1v) is 9.54. The number of nitrogens with one attached hydrogen (secondary N) is 1. The summed E-state index contributed by atoms with van der Waals surface area (Å²) in [6.45, 7) is 9.84. The van der Waals surface area contributed by atoms with Crippen LogP contribution in [0.2, 0.25) is 0 Å². The molecule has 140 valence electrons. The minimum atomic E-state index is 0. The number of ether oxygens (including phenoxy) is 1. The van der Waals surface area contributed by atoms with E-state index >= 15 is 0 Å². The van der Waals surface area contributed by atoms with Crippen LogP contribution in [0.3, 0.4) is 0 Å². The van der Waals surface area contributed by atoms with Crippen molar-refractivity contribution in [1.29, 1.82) is 0 Å². The van der Waals surface area contributed by atoms with Gasteiger partial charge in [-0.1, -0.05) is 15.9 Å². The molecule has 2 heterocycles. The highest BCUT2D eigenvalue weighted by atomic mass is 79.9. The first-order chi connectivity index (χ1) is 11.5. The molecule has 5 nitrogen and oxygen atoms in total. The molecule has 0 radical (unpaired) electrons. The second-order valence-corrected chi connectivity index (χ2v) is 7.70. The van der Waals surface area contributed by atoms with Crippen molar-refractivity contribution in [3.8, 4) is 5.75 Å². The van der Waals surface area contributed by atoms with Crippen LogP contribution in [0.5, 0.6) is 5.75 Å². The molecule has 25 heavy (non-hydrogen) atoms. The van der Waals surface area contributed by atoms with Gasteiger partial charge in [0.05, 0.1) is 11.7 Å². The Labute approximate surface area is 164 Å². The lowest BCUT2D eigenvalue weighted by molar-refractivity contribution is 0.0767. The van der Waals surface area contributed by atoms with Gasteiger partial charge in [-0.05, 0) is 38.5 Å². The monoisotopic (exact) mass is 431 g/mol. The van der Waals surface area contributed by atoms with Gasteiger partial charge in [0.25, 0.3) is 5.91 Å². The van der Waals surface area contributed by atoms with Gasteiger partial charge in [-0.25, -0.2) is 0 Å². The number of halogens is 2. The van der Waals surface area contributed by atoms with Crippen molar-refractivity contribution in [3.63, 3.8) is 0 Å². The molecule has 0 saturated carbocycles. The normalized spacial score (nSPS) is 21.3. The van der Waals surface area contributed by atoms with Crippen LogP contribution in [-0.4, -0.2) is 67.1 Å². The molecule has 1 N–H and O–H groups in total. The van der Waals surface area contributed by atoms with Crippen LogP contribution in [-0.2, 0) is 0 Å². The van der Waals surface area contributed by atoms with E-state index in [-0.39, 0.29) is 24.4 Å². The van der Waals surface area contributed by atoms with Crippen molar-refractivity contribution in [2.75, 3.05) is 39.3 Å². The predicted molar refractivity (Wildman–Crippen MR) is 106 cm³/mol. The van der Waals surface area contributed by atoms with Crippen molar-refractivity contribution in [3.05, 3.63) is 28.2 Å². The Morgan fingerprint density at radius 3 is 2.68 bits per heavy atom. The highest BCUT2D eigenvalue weighted by Gasteiger charge is 2.32. The molecule has 2 aliphatic rings. The summed E-state index contributed by atoms with van der Waals surface area (Å²) in [5, 5.41) is 3.39. The Morgan fingerprint density at radius 2 is 2.00 bits per heavy atom.